The summed E-state index contributed by atoms with van der Waals surface area (Å²) < 4.78 is 33.5. The van der Waals surface area contributed by atoms with E-state index < -0.39 is 18.5 Å². The van der Waals surface area contributed by atoms with Crippen LogP contribution in [0.5, 0.6) is 5.75 Å². The number of para-hydroxylation sites is 1. The molecule has 0 amide bonds. The number of benzene rings is 1. The molecule has 0 saturated heterocycles. The molecule has 1 unspecified atom stereocenters. The average Bonchev–Trinajstić information content (AvgIpc) is 3.02. The number of halogens is 2. The number of allylic oxidation sites excluding steroid dienone is 2. The quantitative estimate of drug-likeness (QED) is 0.387. The molecule has 4 nitrogen and oxygen atoms in total. The molecule has 154 valence electrons. The molecule has 0 aromatic heterocycles. The van der Waals surface area contributed by atoms with Crippen LogP contribution in [0.2, 0.25) is 0 Å². The fraction of sp³-hybridized carbons (Fsp3) is 0.545. The van der Waals surface area contributed by atoms with Crippen LogP contribution in [0.1, 0.15) is 51.4 Å². The Labute approximate surface area is 164 Å². The van der Waals surface area contributed by atoms with Crippen LogP contribution in [0.15, 0.2) is 42.5 Å². The van der Waals surface area contributed by atoms with E-state index in [4.69, 9.17) is 9.84 Å². The molecule has 1 aliphatic carbocycles. The molecule has 0 heterocycles. The molecule has 1 aliphatic rings. The lowest BCUT2D eigenvalue weighted by atomic mass is 9.87. The molecular weight excluding hydrogens is 366 g/mol. The summed E-state index contributed by atoms with van der Waals surface area (Å²) in [6.45, 7) is -0.661. The first-order chi connectivity index (χ1) is 13.4. The van der Waals surface area contributed by atoms with Crippen LogP contribution in [0, 0.1) is 11.8 Å². The van der Waals surface area contributed by atoms with Crippen LogP contribution >= 0.6 is 0 Å². The highest BCUT2D eigenvalue weighted by molar-refractivity contribution is 5.83. The number of carboxylic acids is 1. The molecule has 28 heavy (non-hydrogen) atoms. The van der Waals surface area contributed by atoms with Gasteiger partial charge in [0.15, 0.2) is 6.61 Å². The van der Waals surface area contributed by atoms with Crippen molar-refractivity contribution in [3.8, 4) is 5.75 Å². The highest BCUT2D eigenvalue weighted by Gasteiger charge is 2.37. The van der Waals surface area contributed by atoms with Crippen molar-refractivity contribution in [2.24, 2.45) is 11.8 Å². The van der Waals surface area contributed by atoms with Crippen molar-refractivity contribution < 1.29 is 28.2 Å². The summed E-state index contributed by atoms with van der Waals surface area (Å²) in [6, 6.07) is 8.55. The minimum absolute atomic E-state index is 0.0289. The number of ketones is 1. The summed E-state index contributed by atoms with van der Waals surface area (Å²) in [5.41, 5.74) is 0. The van der Waals surface area contributed by atoms with Gasteiger partial charge in [-0.1, -0.05) is 30.4 Å². The van der Waals surface area contributed by atoms with Crippen molar-refractivity contribution in [2.75, 3.05) is 6.61 Å². The zero-order chi connectivity index (χ0) is 20.4. The van der Waals surface area contributed by atoms with E-state index in [2.05, 4.69) is 0 Å². The number of rotatable bonds is 12. The highest BCUT2D eigenvalue weighted by atomic mass is 19.3. The van der Waals surface area contributed by atoms with E-state index in [1.807, 2.05) is 12.2 Å². The minimum Gasteiger partial charge on any atom is -0.487 e. The van der Waals surface area contributed by atoms with Crippen LogP contribution in [0.4, 0.5) is 8.78 Å². The molecule has 6 heteroatoms. The Hall–Kier alpha value is -2.24. The number of unbranched alkanes of at least 4 members (excludes halogenated alkanes) is 1. The molecule has 1 N–H and O–H groups in total. The first-order valence-corrected chi connectivity index (χ1v) is 9.82. The van der Waals surface area contributed by atoms with Gasteiger partial charge in [-0.25, -0.2) is 8.78 Å². The van der Waals surface area contributed by atoms with Crippen LogP contribution in [-0.4, -0.2) is 29.4 Å². The largest absolute Gasteiger partial charge is 0.487 e. The Morgan fingerprint density at radius 2 is 2.00 bits per heavy atom. The van der Waals surface area contributed by atoms with Crippen molar-refractivity contribution in [3.05, 3.63) is 42.5 Å². The number of carboxylic acid groups (broad SMARTS) is 1. The third-order valence-electron chi connectivity index (χ3n) is 5.14. The van der Waals surface area contributed by atoms with Gasteiger partial charge in [-0.3, -0.25) is 9.59 Å². The number of ether oxygens (including phenoxy) is 1. The first-order valence-electron chi connectivity index (χ1n) is 9.82. The van der Waals surface area contributed by atoms with E-state index in [-0.39, 0.29) is 30.5 Å². The normalized spacial score (nSPS) is 20.0. The first kappa shape index (κ1) is 22.1. The van der Waals surface area contributed by atoms with E-state index in [1.54, 1.807) is 30.3 Å². The van der Waals surface area contributed by atoms with Crippen LogP contribution in [0.25, 0.3) is 0 Å². The summed E-state index contributed by atoms with van der Waals surface area (Å²) in [6.07, 6.45) is 6.75. The Bertz CT molecular complexity index is 658. The number of hydrogen-bond donors (Lipinski definition) is 1. The predicted octanol–water partition coefficient (Wildman–Crippen LogP) is 5.28. The second kappa shape index (κ2) is 10.9. The van der Waals surface area contributed by atoms with Crippen molar-refractivity contribution in [3.63, 3.8) is 0 Å². The summed E-state index contributed by atoms with van der Waals surface area (Å²) in [5, 5.41) is 8.60. The molecular formula is C22H28F2O4. The summed E-state index contributed by atoms with van der Waals surface area (Å²) in [7, 11) is 0. The van der Waals surface area contributed by atoms with E-state index >= 15 is 0 Å². The topological polar surface area (TPSA) is 63.6 Å². The summed E-state index contributed by atoms with van der Waals surface area (Å²) in [5.74, 6) is -3.43. The smallest absolute Gasteiger partial charge is 0.303 e. The van der Waals surface area contributed by atoms with Gasteiger partial charge < -0.3 is 9.84 Å². The van der Waals surface area contributed by atoms with Gasteiger partial charge >= 0.3 is 5.97 Å². The average molecular weight is 394 g/mol. The van der Waals surface area contributed by atoms with Gasteiger partial charge in [0.05, 0.1) is 0 Å². The van der Waals surface area contributed by atoms with E-state index in [0.717, 1.165) is 0 Å². The van der Waals surface area contributed by atoms with E-state index in [9.17, 15) is 18.4 Å². The van der Waals surface area contributed by atoms with Gasteiger partial charge in [0, 0.05) is 25.2 Å². The molecule has 2 rings (SSSR count). The van der Waals surface area contributed by atoms with Crippen LogP contribution in [0.3, 0.4) is 0 Å². The summed E-state index contributed by atoms with van der Waals surface area (Å²) >= 11 is 0. The maximum atomic E-state index is 14.2. The van der Waals surface area contributed by atoms with Crippen molar-refractivity contribution >= 4 is 11.8 Å². The second-order valence-corrected chi connectivity index (χ2v) is 7.36. The van der Waals surface area contributed by atoms with E-state index in [0.29, 0.717) is 44.3 Å². The van der Waals surface area contributed by atoms with Crippen molar-refractivity contribution in [1.82, 2.24) is 0 Å². The monoisotopic (exact) mass is 394 g/mol. The molecule has 0 spiro atoms. The molecule has 2 atom stereocenters. The fourth-order valence-corrected chi connectivity index (χ4v) is 3.55. The van der Waals surface area contributed by atoms with Gasteiger partial charge in [0.2, 0.25) is 0 Å². The summed E-state index contributed by atoms with van der Waals surface area (Å²) in [4.78, 5) is 22.6. The molecule has 1 aromatic rings. The third-order valence-corrected chi connectivity index (χ3v) is 5.14. The van der Waals surface area contributed by atoms with Gasteiger partial charge in [-0.05, 0) is 50.2 Å². The SMILES string of the molecule is O=C(O)CCC/C=C\C[C@H]1C(=O)CCC1CCC(F)(F)COc1ccccc1. The lowest BCUT2D eigenvalue weighted by Gasteiger charge is -2.21. The number of Topliss-reactive ketones (excluding diaryl/α,β-unsaturated/α-hetero) is 1. The lowest BCUT2D eigenvalue weighted by molar-refractivity contribution is -0.137. The molecule has 0 bridgehead atoms. The maximum Gasteiger partial charge on any atom is 0.303 e. The zero-order valence-electron chi connectivity index (χ0n) is 16.0. The van der Waals surface area contributed by atoms with Gasteiger partial charge in [-0.15, -0.1) is 0 Å². The number of carbonyl (C=O) groups excluding carboxylic acids is 1. The Kier molecular flexibility index (Phi) is 8.61. The molecule has 1 saturated carbocycles. The fourth-order valence-electron chi connectivity index (χ4n) is 3.55. The predicted molar refractivity (Wildman–Crippen MR) is 103 cm³/mol. The Balaban J connectivity index is 1.75. The number of alkyl halides is 2. The van der Waals surface area contributed by atoms with Crippen molar-refractivity contribution in [1.29, 1.82) is 0 Å². The van der Waals surface area contributed by atoms with Crippen molar-refractivity contribution in [2.45, 2.75) is 57.3 Å². The molecule has 1 aromatic carbocycles. The van der Waals surface area contributed by atoms with Crippen LogP contribution < -0.4 is 4.74 Å². The van der Waals surface area contributed by atoms with Crippen LogP contribution in [-0.2, 0) is 9.59 Å². The minimum atomic E-state index is -2.93. The molecule has 1 fully saturated rings. The second-order valence-electron chi connectivity index (χ2n) is 7.36. The highest BCUT2D eigenvalue weighted by Crippen LogP contribution is 2.37. The molecule has 0 aliphatic heterocycles. The van der Waals surface area contributed by atoms with Gasteiger partial charge in [0.25, 0.3) is 5.92 Å². The zero-order valence-corrected chi connectivity index (χ0v) is 16.0. The Morgan fingerprint density at radius 1 is 1.25 bits per heavy atom. The maximum absolute atomic E-state index is 14.2. The number of hydrogen-bond acceptors (Lipinski definition) is 3. The van der Waals surface area contributed by atoms with E-state index in [1.165, 1.54) is 0 Å². The molecule has 0 radical (unpaired) electrons. The standard InChI is InChI=1S/C22H28F2O4/c23-22(24,16-28-18-8-4-3-5-9-18)15-14-17-12-13-20(25)19(17)10-6-1-2-7-11-21(26)27/h1,3-6,8-9,17,19H,2,7,10-16H2,(H,26,27)/b6-1-/t17?,19-/m1/s1. The van der Waals surface area contributed by atoms with Gasteiger partial charge in [-0.2, -0.15) is 0 Å². The Morgan fingerprint density at radius 3 is 2.71 bits per heavy atom. The van der Waals surface area contributed by atoms with Gasteiger partial charge in [0.1, 0.15) is 11.5 Å². The lowest BCUT2D eigenvalue weighted by Crippen LogP contribution is -2.27. The number of aliphatic carboxylic acids is 1. The third kappa shape index (κ3) is 7.79. The number of carbonyl (C=O) groups is 2.